The zero-order valence-corrected chi connectivity index (χ0v) is 8.40. The van der Waals surface area contributed by atoms with Gasteiger partial charge in [-0.25, -0.2) is 0 Å². The normalized spacial score (nSPS) is 27.0. The molecule has 14 heavy (non-hydrogen) atoms. The molecule has 74 valence electrons. The van der Waals surface area contributed by atoms with Crippen molar-refractivity contribution in [1.29, 1.82) is 0 Å². The molecule has 1 heterocycles. The Kier molecular flexibility index (Phi) is 2.25. The molecule has 0 aromatic heterocycles. The molecule has 1 aromatic carbocycles. The van der Waals surface area contributed by atoms with Crippen molar-refractivity contribution < 1.29 is 4.79 Å². The quantitative estimate of drug-likeness (QED) is 0.720. The van der Waals surface area contributed by atoms with Crippen molar-refractivity contribution in [3.8, 4) is 0 Å². The number of benzene rings is 1. The van der Waals surface area contributed by atoms with Crippen LogP contribution in [0.3, 0.4) is 0 Å². The number of amides is 1. The number of likely N-dealkylation sites (N-methyl/N-ethyl adjacent to an activating group) is 1. The molecule has 1 aliphatic rings. The summed E-state index contributed by atoms with van der Waals surface area (Å²) in [5.74, 6) is 0.152. The summed E-state index contributed by atoms with van der Waals surface area (Å²) >= 11 is 0. The number of nitrogens with zero attached hydrogens (tertiary/aromatic N) is 1. The Morgan fingerprint density at radius 1 is 1.29 bits per heavy atom. The van der Waals surface area contributed by atoms with Crippen molar-refractivity contribution in [3.63, 3.8) is 0 Å². The summed E-state index contributed by atoms with van der Waals surface area (Å²) in [4.78, 5) is 13.3. The van der Waals surface area contributed by atoms with Crippen LogP contribution in [0.2, 0.25) is 0 Å². The number of carbonyl (C=O) groups is 1. The van der Waals surface area contributed by atoms with Crippen LogP contribution in [0.15, 0.2) is 30.3 Å². The standard InChI is InChI=1S/C11H14N2O/c1-8-11(14)13(2)10(12-8)9-6-4-3-5-7-9/h3-8,10,12H,1-2H3. The Bertz CT molecular complexity index is 336. The van der Waals surface area contributed by atoms with E-state index in [1.165, 1.54) is 0 Å². The number of hydrogen-bond donors (Lipinski definition) is 1. The van der Waals surface area contributed by atoms with Crippen molar-refractivity contribution in [2.75, 3.05) is 7.05 Å². The fraction of sp³-hybridized carbons (Fsp3) is 0.364. The molecule has 3 nitrogen and oxygen atoms in total. The van der Waals surface area contributed by atoms with Crippen LogP contribution in [-0.2, 0) is 4.79 Å². The van der Waals surface area contributed by atoms with Gasteiger partial charge >= 0.3 is 0 Å². The lowest BCUT2D eigenvalue weighted by Crippen LogP contribution is -2.25. The van der Waals surface area contributed by atoms with Gasteiger partial charge in [0.15, 0.2) is 0 Å². The van der Waals surface area contributed by atoms with E-state index in [0.717, 1.165) is 5.56 Å². The Hall–Kier alpha value is -1.35. The van der Waals surface area contributed by atoms with Gasteiger partial charge in [-0.1, -0.05) is 30.3 Å². The molecule has 0 spiro atoms. The molecule has 1 saturated heterocycles. The van der Waals surface area contributed by atoms with Crippen LogP contribution in [0, 0.1) is 0 Å². The van der Waals surface area contributed by atoms with E-state index >= 15 is 0 Å². The van der Waals surface area contributed by atoms with Crippen molar-refractivity contribution in [2.24, 2.45) is 0 Å². The third-order valence-corrected chi connectivity index (χ3v) is 2.63. The molecular formula is C11H14N2O. The minimum atomic E-state index is -0.0785. The maximum atomic E-state index is 11.6. The lowest BCUT2D eigenvalue weighted by molar-refractivity contribution is -0.128. The lowest BCUT2D eigenvalue weighted by atomic mass is 10.2. The van der Waals surface area contributed by atoms with Gasteiger partial charge in [0.05, 0.1) is 6.04 Å². The first-order valence-electron chi connectivity index (χ1n) is 4.78. The third-order valence-electron chi connectivity index (χ3n) is 2.63. The van der Waals surface area contributed by atoms with Gasteiger partial charge in [0.2, 0.25) is 5.91 Å². The summed E-state index contributed by atoms with van der Waals surface area (Å²) in [5, 5.41) is 3.25. The number of carbonyl (C=O) groups excluding carboxylic acids is 1. The van der Waals surface area contributed by atoms with Crippen LogP contribution >= 0.6 is 0 Å². The van der Waals surface area contributed by atoms with Gasteiger partial charge in [0.1, 0.15) is 6.17 Å². The van der Waals surface area contributed by atoms with Crippen LogP contribution in [0.1, 0.15) is 18.7 Å². The highest BCUT2D eigenvalue weighted by atomic mass is 16.2. The first-order valence-corrected chi connectivity index (χ1v) is 4.78. The highest BCUT2D eigenvalue weighted by Crippen LogP contribution is 2.22. The van der Waals surface area contributed by atoms with E-state index in [0.29, 0.717) is 0 Å². The van der Waals surface area contributed by atoms with E-state index in [1.807, 2.05) is 44.3 Å². The maximum Gasteiger partial charge on any atom is 0.240 e. The van der Waals surface area contributed by atoms with Crippen LogP contribution in [0.4, 0.5) is 0 Å². The first-order chi connectivity index (χ1) is 6.70. The monoisotopic (exact) mass is 190 g/mol. The molecule has 0 radical (unpaired) electrons. The average Bonchev–Trinajstić information content (AvgIpc) is 2.47. The van der Waals surface area contributed by atoms with E-state index < -0.39 is 0 Å². The van der Waals surface area contributed by atoms with Crippen LogP contribution < -0.4 is 5.32 Å². The molecule has 2 unspecified atom stereocenters. The topological polar surface area (TPSA) is 32.3 Å². The Morgan fingerprint density at radius 2 is 1.93 bits per heavy atom. The molecule has 0 aliphatic carbocycles. The molecule has 1 amide bonds. The zero-order valence-electron chi connectivity index (χ0n) is 8.40. The average molecular weight is 190 g/mol. The SMILES string of the molecule is CC1NC(c2ccccc2)N(C)C1=O. The largest absolute Gasteiger partial charge is 0.325 e. The number of nitrogens with one attached hydrogen (secondary N) is 1. The summed E-state index contributed by atoms with van der Waals surface area (Å²) < 4.78 is 0. The Morgan fingerprint density at radius 3 is 2.43 bits per heavy atom. The van der Waals surface area contributed by atoms with Crippen LogP contribution in [-0.4, -0.2) is 23.9 Å². The molecular weight excluding hydrogens is 176 g/mol. The zero-order chi connectivity index (χ0) is 10.1. The number of rotatable bonds is 1. The van der Waals surface area contributed by atoms with Gasteiger partial charge in [0.25, 0.3) is 0 Å². The van der Waals surface area contributed by atoms with Crippen LogP contribution in [0.25, 0.3) is 0 Å². The lowest BCUT2D eigenvalue weighted by Gasteiger charge is -2.19. The smallest absolute Gasteiger partial charge is 0.240 e. The second-order valence-corrected chi connectivity index (χ2v) is 3.65. The molecule has 1 aromatic rings. The Labute approximate surface area is 83.7 Å². The van der Waals surface area contributed by atoms with Gasteiger partial charge in [-0.3, -0.25) is 10.1 Å². The maximum absolute atomic E-state index is 11.6. The van der Waals surface area contributed by atoms with E-state index in [2.05, 4.69) is 5.32 Å². The highest BCUT2D eigenvalue weighted by Gasteiger charge is 2.33. The third kappa shape index (κ3) is 1.40. The molecule has 2 rings (SSSR count). The van der Waals surface area contributed by atoms with Gasteiger partial charge in [-0.15, -0.1) is 0 Å². The molecule has 1 N–H and O–H groups in total. The van der Waals surface area contributed by atoms with Crippen molar-refractivity contribution >= 4 is 5.91 Å². The minimum absolute atomic E-state index is 0.0266. The summed E-state index contributed by atoms with van der Waals surface area (Å²) in [6.07, 6.45) is 0.0266. The summed E-state index contributed by atoms with van der Waals surface area (Å²) in [6.45, 7) is 1.89. The van der Waals surface area contributed by atoms with E-state index in [-0.39, 0.29) is 18.1 Å². The minimum Gasteiger partial charge on any atom is -0.325 e. The summed E-state index contributed by atoms with van der Waals surface area (Å²) in [6, 6.07) is 9.92. The highest BCUT2D eigenvalue weighted by molar-refractivity contribution is 5.83. The molecule has 3 heteroatoms. The second kappa shape index (κ2) is 3.42. The van der Waals surface area contributed by atoms with Gasteiger partial charge in [-0.05, 0) is 12.5 Å². The predicted octanol–water partition coefficient (Wildman–Crippen LogP) is 1.14. The fourth-order valence-electron chi connectivity index (χ4n) is 1.81. The number of hydrogen-bond acceptors (Lipinski definition) is 2. The van der Waals surface area contributed by atoms with Crippen molar-refractivity contribution in [3.05, 3.63) is 35.9 Å². The van der Waals surface area contributed by atoms with Gasteiger partial charge in [-0.2, -0.15) is 0 Å². The summed E-state index contributed by atoms with van der Waals surface area (Å²) in [5.41, 5.74) is 1.13. The predicted molar refractivity (Wildman–Crippen MR) is 54.6 cm³/mol. The van der Waals surface area contributed by atoms with Crippen LogP contribution in [0.5, 0.6) is 0 Å². The van der Waals surface area contributed by atoms with E-state index in [1.54, 1.807) is 4.90 Å². The molecule has 1 aliphatic heterocycles. The molecule has 0 bridgehead atoms. The van der Waals surface area contributed by atoms with E-state index in [4.69, 9.17) is 0 Å². The fourth-order valence-corrected chi connectivity index (χ4v) is 1.81. The molecule has 0 saturated carbocycles. The molecule has 2 atom stereocenters. The van der Waals surface area contributed by atoms with E-state index in [9.17, 15) is 4.79 Å². The second-order valence-electron chi connectivity index (χ2n) is 3.65. The van der Waals surface area contributed by atoms with Gasteiger partial charge in [0, 0.05) is 7.05 Å². The van der Waals surface area contributed by atoms with Crippen molar-refractivity contribution in [2.45, 2.75) is 19.1 Å². The Balaban J connectivity index is 2.26. The van der Waals surface area contributed by atoms with Crippen molar-refractivity contribution in [1.82, 2.24) is 10.2 Å². The van der Waals surface area contributed by atoms with Gasteiger partial charge < -0.3 is 4.90 Å². The summed E-state index contributed by atoms with van der Waals surface area (Å²) in [7, 11) is 1.83. The first kappa shape index (κ1) is 9.21. The molecule has 1 fully saturated rings.